The van der Waals surface area contributed by atoms with Gasteiger partial charge >= 0.3 is 6.09 Å². The van der Waals surface area contributed by atoms with Gasteiger partial charge in [0.15, 0.2) is 0 Å². The van der Waals surface area contributed by atoms with Crippen LogP contribution in [0.1, 0.15) is 53.2 Å². The molecule has 1 aromatic heterocycles. The molecule has 0 saturated carbocycles. The number of hydrogen-bond acceptors (Lipinski definition) is 4. The number of ether oxygens (including phenoxy) is 1. The van der Waals surface area contributed by atoms with Gasteiger partial charge in [-0.2, -0.15) is 0 Å². The van der Waals surface area contributed by atoms with Crippen molar-refractivity contribution in [2.75, 3.05) is 26.7 Å². The number of aryl methyl sites for hydroxylation is 1. The second kappa shape index (κ2) is 9.68. The van der Waals surface area contributed by atoms with Crippen molar-refractivity contribution in [1.29, 1.82) is 0 Å². The molecule has 188 valence electrons. The molecule has 2 aliphatic heterocycles. The van der Waals surface area contributed by atoms with Crippen molar-refractivity contribution < 1.29 is 19.1 Å². The van der Waals surface area contributed by atoms with Crippen LogP contribution in [0.4, 0.5) is 4.79 Å². The largest absolute Gasteiger partial charge is 0.450 e. The van der Waals surface area contributed by atoms with Crippen LogP contribution in [0.25, 0.3) is 10.9 Å². The third-order valence-corrected chi connectivity index (χ3v) is 7.48. The van der Waals surface area contributed by atoms with E-state index in [0.717, 1.165) is 22.0 Å². The number of carbonyl (C=O) groups excluding carboxylic acids is 3. The van der Waals surface area contributed by atoms with Crippen molar-refractivity contribution in [1.82, 2.24) is 19.7 Å². The maximum Gasteiger partial charge on any atom is 0.409 e. The van der Waals surface area contributed by atoms with Gasteiger partial charge in [-0.15, -0.1) is 0 Å². The number of para-hydroxylation sites is 1. The highest BCUT2D eigenvalue weighted by Crippen LogP contribution is 2.44. The molecule has 2 aromatic carbocycles. The fourth-order valence-corrected chi connectivity index (χ4v) is 5.67. The van der Waals surface area contributed by atoms with E-state index in [1.165, 1.54) is 0 Å². The van der Waals surface area contributed by atoms with E-state index < -0.39 is 12.0 Å². The van der Waals surface area contributed by atoms with E-state index >= 15 is 0 Å². The van der Waals surface area contributed by atoms with E-state index in [4.69, 9.17) is 4.74 Å². The number of amides is 3. The first-order valence-corrected chi connectivity index (χ1v) is 12.5. The maximum atomic E-state index is 14.0. The smallest absolute Gasteiger partial charge is 0.409 e. The summed E-state index contributed by atoms with van der Waals surface area (Å²) < 4.78 is 7.16. The van der Waals surface area contributed by atoms with Crippen molar-refractivity contribution in [3.63, 3.8) is 0 Å². The molecule has 3 amide bonds. The number of likely N-dealkylation sites (N-methyl/N-ethyl adjacent to an activating group) is 1. The van der Waals surface area contributed by atoms with E-state index in [2.05, 4.69) is 5.32 Å². The lowest BCUT2D eigenvalue weighted by Crippen LogP contribution is -2.50. The van der Waals surface area contributed by atoms with Gasteiger partial charge in [-0.05, 0) is 37.5 Å². The van der Waals surface area contributed by atoms with Crippen LogP contribution in [0.5, 0.6) is 0 Å². The molecule has 2 atom stereocenters. The van der Waals surface area contributed by atoms with Crippen molar-refractivity contribution in [2.45, 2.75) is 37.8 Å². The first kappa shape index (κ1) is 23.9. The number of carbonyl (C=O) groups is 3. The van der Waals surface area contributed by atoms with Gasteiger partial charge < -0.3 is 24.4 Å². The zero-order valence-corrected chi connectivity index (χ0v) is 20.9. The number of piperidine rings is 1. The topological polar surface area (TPSA) is 83.9 Å². The Morgan fingerprint density at radius 1 is 1.00 bits per heavy atom. The van der Waals surface area contributed by atoms with Gasteiger partial charge in [-0.25, -0.2) is 4.79 Å². The molecule has 8 nitrogen and oxygen atoms in total. The number of benzene rings is 2. The summed E-state index contributed by atoms with van der Waals surface area (Å²) >= 11 is 0. The zero-order chi connectivity index (χ0) is 25.4. The Bertz CT molecular complexity index is 1310. The molecule has 3 aromatic rings. The second-order valence-corrected chi connectivity index (χ2v) is 9.61. The quantitative estimate of drug-likeness (QED) is 0.605. The highest BCUT2D eigenvalue weighted by atomic mass is 16.6. The van der Waals surface area contributed by atoms with Crippen LogP contribution >= 0.6 is 0 Å². The van der Waals surface area contributed by atoms with Gasteiger partial charge in [0.2, 0.25) is 5.91 Å². The molecule has 1 fully saturated rings. The Kier molecular flexibility index (Phi) is 6.43. The molecular formula is C28H32N4O4. The van der Waals surface area contributed by atoms with Gasteiger partial charge in [0.25, 0.3) is 5.91 Å². The van der Waals surface area contributed by atoms with Crippen LogP contribution in [0.15, 0.2) is 54.7 Å². The SMILES string of the molecule is CCOC(=O)N1CCC(NC(=O)C2c3ccccc3C(=O)N(C)C2c2cn(C)c3ccccc23)CC1. The minimum atomic E-state index is -0.558. The number of aromatic nitrogens is 1. The number of rotatable bonds is 4. The highest BCUT2D eigenvalue weighted by Gasteiger charge is 2.44. The third-order valence-electron chi connectivity index (χ3n) is 7.48. The van der Waals surface area contributed by atoms with Crippen molar-refractivity contribution in [3.8, 4) is 0 Å². The van der Waals surface area contributed by atoms with Gasteiger partial charge in [0.05, 0.1) is 18.6 Å². The van der Waals surface area contributed by atoms with Crippen LogP contribution in [0.3, 0.4) is 0 Å². The fourth-order valence-electron chi connectivity index (χ4n) is 5.67. The Labute approximate surface area is 210 Å². The monoisotopic (exact) mass is 488 g/mol. The van der Waals surface area contributed by atoms with Crippen LogP contribution in [0.2, 0.25) is 0 Å². The lowest BCUT2D eigenvalue weighted by atomic mass is 9.79. The van der Waals surface area contributed by atoms with Crippen LogP contribution in [-0.2, 0) is 16.6 Å². The molecule has 8 heteroatoms. The van der Waals surface area contributed by atoms with Gasteiger partial charge in [0, 0.05) is 61.5 Å². The Morgan fingerprint density at radius 2 is 1.69 bits per heavy atom. The van der Waals surface area contributed by atoms with Gasteiger partial charge in [-0.3, -0.25) is 9.59 Å². The first-order valence-electron chi connectivity index (χ1n) is 12.5. The Balaban J connectivity index is 1.47. The summed E-state index contributed by atoms with van der Waals surface area (Å²) in [6.07, 6.45) is 3.05. The van der Waals surface area contributed by atoms with Crippen LogP contribution < -0.4 is 5.32 Å². The lowest BCUT2D eigenvalue weighted by molar-refractivity contribution is -0.125. The predicted molar refractivity (Wildman–Crippen MR) is 137 cm³/mol. The Hall–Kier alpha value is -3.81. The standard InChI is InChI=1S/C28H32N4O4/c1-4-36-28(35)32-15-13-18(14-16-32)29-26(33)24-20-10-5-6-11-21(20)27(34)31(3)25(24)22-17-30(2)23-12-8-7-9-19(22)23/h5-12,17-18,24-25H,4,13-16H2,1-3H3,(H,29,33). The molecule has 2 unspecified atom stereocenters. The van der Waals surface area contributed by atoms with E-state index in [9.17, 15) is 14.4 Å². The number of likely N-dealkylation sites (tertiary alicyclic amines) is 1. The minimum Gasteiger partial charge on any atom is -0.450 e. The highest BCUT2D eigenvalue weighted by molar-refractivity contribution is 6.02. The normalized spacial score (nSPS) is 20.4. The molecule has 3 heterocycles. The van der Waals surface area contributed by atoms with Crippen molar-refractivity contribution in [3.05, 3.63) is 71.4 Å². The van der Waals surface area contributed by atoms with Gasteiger partial charge in [0.1, 0.15) is 0 Å². The molecule has 0 spiro atoms. The van der Waals surface area contributed by atoms with E-state index in [1.807, 2.05) is 60.3 Å². The molecule has 0 bridgehead atoms. The number of nitrogens with one attached hydrogen (secondary N) is 1. The molecule has 36 heavy (non-hydrogen) atoms. The van der Waals surface area contributed by atoms with E-state index in [-0.39, 0.29) is 23.9 Å². The summed E-state index contributed by atoms with van der Waals surface area (Å²) in [5.41, 5.74) is 3.32. The van der Waals surface area contributed by atoms with E-state index in [0.29, 0.717) is 38.1 Å². The average Bonchev–Trinajstić information content (AvgIpc) is 3.22. The number of hydrogen-bond donors (Lipinski definition) is 1. The number of nitrogens with zero attached hydrogens (tertiary/aromatic N) is 3. The lowest BCUT2D eigenvalue weighted by Gasteiger charge is -2.40. The summed E-state index contributed by atoms with van der Waals surface area (Å²) in [5.74, 6) is -0.748. The van der Waals surface area contributed by atoms with Crippen molar-refractivity contribution in [2.24, 2.45) is 7.05 Å². The summed E-state index contributed by atoms with van der Waals surface area (Å²) in [6, 6.07) is 15.0. The second-order valence-electron chi connectivity index (χ2n) is 9.61. The van der Waals surface area contributed by atoms with Crippen molar-refractivity contribution >= 4 is 28.8 Å². The summed E-state index contributed by atoms with van der Waals surface area (Å²) in [5, 5.41) is 4.28. The molecule has 2 aliphatic rings. The van der Waals surface area contributed by atoms with Crippen LogP contribution in [0, 0.1) is 0 Å². The molecule has 1 N–H and O–H groups in total. The molecular weight excluding hydrogens is 456 g/mol. The predicted octanol–water partition coefficient (Wildman–Crippen LogP) is 3.83. The first-order chi connectivity index (χ1) is 17.4. The van der Waals surface area contributed by atoms with Crippen LogP contribution in [-0.4, -0.2) is 65.1 Å². The zero-order valence-electron chi connectivity index (χ0n) is 20.9. The maximum absolute atomic E-state index is 14.0. The molecule has 5 rings (SSSR count). The summed E-state index contributed by atoms with van der Waals surface area (Å²) in [6.45, 7) is 3.21. The minimum absolute atomic E-state index is 0.0496. The fraction of sp³-hybridized carbons (Fsp3) is 0.393. The average molecular weight is 489 g/mol. The number of fused-ring (bicyclic) bond motifs is 2. The summed E-state index contributed by atoms with van der Waals surface area (Å²) in [4.78, 5) is 42.8. The third kappa shape index (κ3) is 4.10. The Morgan fingerprint density at radius 3 is 2.44 bits per heavy atom. The molecule has 0 radical (unpaired) electrons. The molecule has 1 saturated heterocycles. The van der Waals surface area contributed by atoms with E-state index in [1.54, 1.807) is 29.8 Å². The molecule has 0 aliphatic carbocycles. The van der Waals surface area contributed by atoms with Gasteiger partial charge in [-0.1, -0.05) is 36.4 Å². The summed E-state index contributed by atoms with van der Waals surface area (Å²) in [7, 11) is 3.76.